The molecule has 0 aromatic heterocycles. The minimum atomic E-state index is -0.181. The number of para-hydroxylation sites is 1. The highest BCUT2D eigenvalue weighted by atomic mass is 16.5. The van der Waals surface area contributed by atoms with E-state index in [0.29, 0.717) is 17.9 Å². The number of nitrogens with one attached hydrogen (secondary N) is 1. The maximum absolute atomic E-state index is 12.5. The van der Waals surface area contributed by atoms with Crippen LogP contribution in [0.5, 0.6) is 11.5 Å². The summed E-state index contributed by atoms with van der Waals surface area (Å²) in [6.07, 6.45) is 2.14. The minimum absolute atomic E-state index is 0.123. The van der Waals surface area contributed by atoms with Crippen LogP contribution < -0.4 is 14.8 Å². The van der Waals surface area contributed by atoms with Gasteiger partial charge in [-0.3, -0.25) is 4.79 Å². The number of unbranched alkanes of at least 4 members (excludes halogenated alkanes) is 1. The van der Waals surface area contributed by atoms with Crippen LogP contribution in [-0.2, 0) is 0 Å². The largest absolute Gasteiger partial charge is 0.493 e. The Morgan fingerprint density at radius 2 is 1.79 bits per heavy atom. The van der Waals surface area contributed by atoms with Gasteiger partial charge in [-0.05, 0) is 56.7 Å². The molecular formula is C20H25NO3. The van der Waals surface area contributed by atoms with Crippen LogP contribution in [0.2, 0.25) is 0 Å². The lowest BCUT2D eigenvalue weighted by Crippen LogP contribution is -2.14. The summed E-state index contributed by atoms with van der Waals surface area (Å²) in [5.74, 6) is 1.22. The summed E-state index contributed by atoms with van der Waals surface area (Å²) in [6.45, 7) is 6.67. The van der Waals surface area contributed by atoms with E-state index in [1.807, 2.05) is 56.3 Å². The summed E-state index contributed by atoms with van der Waals surface area (Å²) in [4.78, 5) is 12.5. The molecule has 0 aliphatic carbocycles. The van der Waals surface area contributed by atoms with Gasteiger partial charge in [0.1, 0.15) is 11.5 Å². The highest BCUT2D eigenvalue weighted by molar-refractivity contribution is 6.06. The van der Waals surface area contributed by atoms with Crippen molar-refractivity contribution in [1.29, 1.82) is 0 Å². The number of amides is 1. The molecule has 0 atom stereocenters. The topological polar surface area (TPSA) is 47.6 Å². The van der Waals surface area contributed by atoms with Crippen LogP contribution in [0.15, 0.2) is 48.5 Å². The molecule has 0 radical (unpaired) electrons. The highest BCUT2D eigenvalue weighted by Gasteiger charge is 2.12. The second-order valence-electron chi connectivity index (χ2n) is 5.84. The van der Waals surface area contributed by atoms with Gasteiger partial charge in [0.2, 0.25) is 0 Å². The second kappa shape index (κ2) is 8.96. The highest BCUT2D eigenvalue weighted by Crippen LogP contribution is 2.21. The normalized spacial score (nSPS) is 10.5. The van der Waals surface area contributed by atoms with E-state index < -0.39 is 0 Å². The number of hydrogen-bond acceptors (Lipinski definition) is 3. The average Bonchev–Trinajstić information content (AvgIpc) is 2.57. The number of rotatable bonds is 8. The smallest absolute Gasteiger partial charge is 0.259 e. The van der Waals surface area contributed by atoms with E-state index in [2.05, 4.69) is 12.2 Å². The van der Waals surface area contributed by atoms with Crippen molar-refractivity contribution in [3.05, 3.63) is 54.1 Å². The fourth-order valence-electron chi connectivity index (χ4n) is 2.19. The molecule has 0 saturated carbocycles. The molecule has 0 unspecified atom stereocenters. The zero-order valence-electron chi connectivity index (χ0n) is 14.5. The summed E-state index contributed by atoms with van der Waals surface area (Å²) in [5.41, 5.74) is 1.26. The standard InChI is InChI=1S/C20H25NO3/c1-4-5-14-23-19-9-7-6-8-18(19)20(22)21-16-10-12-17(13-11-16)24-15(2)3/h6-13,15H,4-5,14H2,1-3H3,(H,21,22). The molecule has 2 rings (SSSR count). The van der Waals surface area contributed by atoms with Gasteiger partial charge in [-0.15, -0.1) is 0 Å². The van der Waals surface area contributed by atoms with E-state index in [9.17, 15) is 4.79 Å². The van der Waals surface area contributed by atoms with Crippen molar-refractivity contribution in [1.82, 2.24) is 0 Å². The fraction of sp³-hybridized carbons (Fsp3) is 0.350. The third-order valence-electron chi connectivity index (χ3n) is 3.37. The monoisotopic (exact) mass is 327 g/mol. The van der Waals surface area contributed by atoms with E-state index in [4.69, 9.17) is 9.47 Å². The van der Waals surface area contributed by atoms with Crippen LogP contribution in [0.4, 0.5) is 5.69 Å². The first kappa shape index (κ1) is 17.9. The molecule has 4 nitrogen and oxygen atoms in total. The summed E-state index contributed by atoms with van der Waals surface area (Å²) in [6, 6.07) is 14.7. The van der Waals surface area contributed by atoms with Gasteiger partial charge >= 0.3 is 0 Å². The van der Waals surface area contributed by atoms with Crippen molar-refractivity contribution in [2.45, 2.75) is 39.7 Å². The number of ether oxygens (including phenoxy) is 2. The Hall–Kier alpha value is -2.49. The quantitative estimate of drug-likeness (QED) is 0.701. The van der Waals surface area contributed by atoms with Crippen molar-refractivity contribution in [2.24, 2.45) is 0 Å². The van der Waals surface area contributed by atoms with E-state index in [0.717, 1.165) is 24.3 Å². The summed E-state index contributed by atoms with van der Waals surface area (Å²) >= 11 is 0. The first-order valence-electron chi connectivity index (χ1n) is 8.40. The lowest BCUT2D eigenvalue weighted by Gasteiger charge is -2.12. The maximum atomic E-state index is 12.5. The number of hydrogen-bond donors (Lipinski definition) is 1. The molecule has 2 aromatic carbocycles. The molecule has 0 aliphatic heterocycles. The Balaban J connectivity index is 2.04. The summed E-state index contributed by atoms with van der Waals surface area (Å²) < 4.78 is 11.3. The zero-order valence-corrected chi connectivity index (χ0v) is 14.5. The SMILES string of the molecule is CCCCOc1ccccc1C(=O)Nc1ccc(OC(C)C)cc1. The minimum Gasteiger partial charge on any atom is -0.493 e. The van der Waals surface area contributed by atoms with Crippen LogP contribution in [0.3, 0.4) is 0 Å². The molecule has 0 fully saturated rings. The Bertz CT molecular complexity index is 650. The molecule has 0 bridgehead atoms. The molecular weight excluding hydrogens is 302 g/mol. The van der Waals surface area contributed by atoms with Crippen LogP contribution in [0.1, 0.15) is 44.0 Å². The predicted molar refractivity (Wildman–Crippen MR) is 97.0 cm³/mol. The van der Waals surface area contributed by atoms with Gasteiger partial charge in [0, 0.05) is 5.69 Å². The van der Waals surface area contributed by atoms with Gasteiger partial charge in [-0.1, -0.05) is 25.5 Å². The summed E-state index contributed by atoms with van der Waals surface area (Å²) in [7, 11) is 0. The van der Waals surface area contributed by atoms with Crippen molar-refractivity contribution >= 4 is 11.6 Å². The number of benzene rings is 2. The Morgan fingerprint density at radius 1 is 1.08 bits per heavy atom. The molecule has 128 valence electrons. The van der Waals surface area contributed by atoms with Crippen LogP contribution in [0, 0.1) is 0 Å². The van der Waals surface area contributed by atoms with E-state index in [1.54, 1.807) is 6.07 Å². The Kier molecular flexibility index (Phi) is 6.67. The van der Waals surface area contributed by atoms with Crippen molar-refractivity contribution in [3.8, 4) is 11.5 Å². The van der Waals surface area contributed by atoms with Gasteiger partial charge in [-0.2, -0.15) is 0 Å². The van der Waals surface area contributed by atoms with Gasteiger partial charge < -0.3 is 14.8 Å². The number of carbonyl (C=O) groups is 1. The molecule has 2 aromatic rings. The Morgan fingerprint density at radius 3 is 2.46 bits per heavy atom. The maximum Gasteiger partial charge on any atom is 0.259 e. The molecule has 0 saturated heterocycles. The number of anilines is 1. The lowest BCUT2D eigenvalue weighted by molar-refractivity contribution is 0.102. The van der Waals surface area contributed by atoms with E-state index >= 15 is 0 Å². The first-order chi connectivity index (χ1) is 11.6. The Labute approximate surface area is 143 Å². The lowest BCUT2D eigenvalue weighted by atomic mass is 10.2. The first-order valence-corrected chi connectivity index (χ1v) is 8.40. The molecule has 1 N–H and O–H groups in total. The number of carbonyl (C=O) groups excluding carboxylic acids is 1. The van der Waals surface area contributed by atoms with Crippen molar-refractivity contribution in [2.75, 3.05) is 11.9 Å². The molecule has 4 heteroatoms. The van der Waals surface area contributed by atoms with Crippen LogP contribution >= 0.6 is 0 Å². The molecule has 0 spiro atoms. The fourth-order valence-corrected chi connectivity index (χ4v) is 2.19. The predicted octanol–water partition coefficient (Wildman–Crippen LogP) is 4.91. The molecule has 24 heavy (non-hydrogen) atoms. The molecule has 0 aliphatic rings. The van der Waals surface area contributed by atoms with Crippen molar-refractivity contribution in [3.63, 3.8) is 0 Å². The summed E-state index contributed by atoms with van der Waals surface area (Å²) in [5, 5.41) is 2.90. The van der Waals surface area contributed by atoms with E-state index in [1.165, 1.54) is 0 Å². The molecule has 1 amide bonds. The molecule has 0 heterocycles. The van der Waals surface area contributed by atoms with Gasteiger partial charge in [0.15, 0.2) is 0 Å². The van der Waals surface area contributed by atoms with Gasteiger partial charge in [0.25, 0.3) is 5.91 Å². The second-order valence-corrected chi connectivity index (χ2v) is 5.84. The third-order valence-corrected chi connectivity index (χ3v) is 3.37. The van der Waals surface area contributed by atoms with Gasteiger partial charge in [0.05, 0.1) is 18.3 Å². The third kappa shape index (κ3) is 5.30. The van der Waals surface area contributed by atoms with Crippen LogP contribution in [-0.4, -0.2) is 18.6 Å². The van der Waals surface area contributed by atoms with Crippen molar-refractivity contribution < 1.29 is 14.3 Å². The average molecular weight is 327 g/mol. The zero-order chi connectivity index (χ0) is 17.4. The van der Waals surface area contributed by atoms with Gasteiger partial charge in [-0.25, -0.2) is 0 Å². The van der Waals surface area contributed by atoms with E-state index in [-0.39, 0.29) is 12.0 Å². The van der Waals surface area contributed by atoms with Crippen LogP contribution in [0.25, 0.3) is 0 Å².